The number of aromatic nitrogens is 1. The normalized spacial score (nSPS) is 14.2. The van der Waals surface area contributed by atoms with E-state index in [4.69, 9.17) is 0 Å². The molecular formula is C30H27F3N4O2S. The third kappa shape index (κ3) is 6.56. The van der Waals surface area contributed by atoms with Gasteiger partial charge >= 0.3 is 6.18 Å². The highest BCUT2D eigenvalue weighted by atomic mass is 32.2. The van der Waals surface area contributed by atoms with E-state index >= 15 is 0 Å². The van der Waals surface area contributed by atoms with Crippen molar-refractivity contribution in [3.8, 4) is 0 Å². The van der Waals surface area contributed by atoms with E-state index in [0.717, 1.165) is 33.6 Å². The van der Waals surface area contributed by atoms with E-state index in [1.165, 1.54) is 24.1 Å². The molecule has 2 heterocycles. The van der Waals surface area contributed by atoms with Crippen LogP contribution in [-0.4, -0.2) is 52.8 Å². The Balaban J connectivity index is 1.14. The summed E-state index contributed by atoms with van der Waals surface area (Å²) in [6.45, 7) is 1.78. The molecule has 5 rings (SSSR count). The molecule has 2 amide bonds. The van der Waals surface area contributed by atoms with Crippen LogP contribution in [0.25, 0.3) is 10.9 Å². The van der Waals surface area contributed by atoms with E-state index in [-0.39, 0.29) is 18.2 Å². The number of benzene rings is 3. The third-order valence-electron chi connectivity index (χ3n) is 6.78. The average Bonchev–Trinajstić information content (AvgIpc) is 3.22. The number of hydrogen-bond acceptors (Lipinski definition) is 5. The van der Waals surface area contributed by atoms with Crippen LogP contribution >= 0.6 is 11.9 Å². The Labute approximate surface area is 234 Å². The van der Waals surface area contributed by atoms with Crippen LogP contribution in [0.4, 0.5) is 18.9 Å². The molecule has 206 valence electrons. The molecule has 4 aromatic rings. The van der Waals surface area contributed by atoms with Gasteiger partial charge < -0.3 is 14.5 Å². The molecular weight excluding hydrogens is 537 g/mol. The van der Waals surface area contributed by atoms with Crippen LogP contribution < -0.4 is 4.72 Å². The van der Waals surface area contributed by atoms with Crippen LogP contribution in [0.5, 0.6) is 0 Å². The standard InChI is InChI=1S/C30H27F3N4O2S/c31-30(32,33)24-11-7-21(8-12-24)20-27(38)36-16-3-17-37(19-18-36)29(39)23-9-13-25(14-10-23)35-40-26-6-1-4-22-5-2-15-34-28(22)26/h1-2,4-15,35H,3,16-20H2. The quantitative estimate of drug-likeness (QED) is 0.279. The number of pyridine rings is 1. The van der Waals surface area contributed by atoms with Crippen molar-refractivity contribution >= 4 is 40.4 Å². The highest BCUT2D eigenvalue weighted by Crippen LogP contribution is 2.29. The van der Waals surface area contributed by atoms with Crippen LogP contribution in [0.3, 0.4) is 0 Å². The molecule has 0 spiro atoms. The maximum absolute atomic E-state index is 13.2. The minimum Gasteiger partial charge on any atom is -0.341 e. The number of para-hydroxylation sites is 1. The first-order chi connectivity index (χ1) is 19.3. The van der Waals surface area contributed by atoms with Gasteiger partial charge in [0, 0.05) is 49.0 Å². The van der Waals surface area contributed by atoms with Gasteiger partial charge in [0.05, 0.1) is 22.4 Å². The smallest absolute Gasteiger partial charge is 0.341 e. The van der Waals surface area contributed by atoms with Crippen molar-refractivity contribution in [3.63, 3.8) is 0 Å². The fourth-order valence-corrected chi connectivity index (χ4v) is 5.38. The van der Waals surface area contributed by atoms with Crippen molar-refractivity contribution in [2.24, 2.45) is 0 Å². The Hall–Kier alpha value is -4.05. The average molecular weight is 565 g/mol. The number of halogens is 3. The molecule has 3 aromatic carbocycles. The summed E-state index contributed by atoms with van der Waals surface area (Å²) in [5.41, 5.74) is 2.12. The van der Waals surface area contributed by atoms with Crippen molar-refractivity contribution in [1.29, 1.82) is 0 Å². The Morgan fingerprint density at radius 3 is 2.30 bits per heavy atom. The lowest BCUT2D eigenvalue weighted by molar-refractivity contribution is -0.137. The molecule has 1 fully saturated rings. The second-order valence-corrected chi connectivity index (χ2v) is 10.4. The zero-order valence-electron chi connectivity index (χ0n) is 21.5. The SMILES string of the molecule is O=C(Cc1ccc(C(F)(F)F)cc1)N1CCCN(C(=O)c2ccc(NSc3cccc4cccnc34)cc2)CC1. The molecule has 1 aliphatic heterocycles. The summed E-state index contributed by atoms with van der Waals surface area (Å²) in [6, 6.07) is 21.9. The van der Waals surface area contributed by atoms with Crippen molar-refractivity contribution in [2.75, 3.05) is 30.9 Å². The van der Waals surface area contributed by atoms with E-state index in [1.807, 2.05) is 42.5 Å². The van der Waals surface area contributed by atoms with Gasteiger partial charge in [0.1, 0.15) is 0 Å². The summed E-state index contributed by atoms with van der Waals surface area (Å²) in [5.74, 6) is -0.266. The topological polar surface area (TPSA) is 65.5 Å². The molecule has 0 atom stereocenters. The number of nitrogens with one attached hydrogen (secondary N) is 1. The molecule has 1 saturated heterocycles. The molecule has 0 saturated carbocycles. The summed E-state index contributed by atoms with van der Waals surface area (Å²) >= 11 is 1.46. The van der Waals surface area contributed by atoms with E-state index in [0.29, 0.717) is 43.7 Å². The number of carbonyl (C=O) groups is 2. The van der Waals surface area contributed by atoms with Gasteiger partial charge in [-0.2, -0.15) is 13.2 Å². The van der Waals surface area contributed by atoms with Crippen LogP contribution in [0, 0.1) is 0 Å². The van der Waals surface area contributed by atoms with Gasteiger partial charge in [0.25, 0.3) is 5.91 Å². The van der Waals surface area contributed by atoms with Crippen molar-refractivity contribution in [3.05, 3.63) is 102 Å². The molecule has 0 unspecified atom stereocenters. The fourth-order valence-electron chi connectivity index (χ4n) is 4.60. The van der Waals surface area contributed by atoms with E-state index in [1.54, 1.807) is 28.1 Å². The zero-order valence-corrected chi connectivity index (χ0v) is 22.3. The van der Waals surface area contributed by atoms with E-state index in [2.05, 4.69) is 9.71 Å². The number of amides is 2. The van der Waals surface area contributed by atoms with Gasteiger partial charge in [-0.3, -0.25) is 14.6 Å². The summed E-state index contributed by atoms with van der Waals surface area (Å²) in [4.78, 5) is 34.9. The second kappa shape index (κ2) is 12.0. The largest absolute Gasteiger partial charge is 0.416 e. The number of anilines is 1. The molecule has 0 bridgehead atoms. The summed E-state index contributed by atoms with van der Waals surface area (Å²) in [6.07, 6.45) is -1.99. The fraction of sp³-hybridized carbons (Fsp3) is 0.233. The van der Waals surface area contributed by atoms with Gasteiger partial charge in [-0.1, -0.05) is 30.3 Å². The first kappa shape index (κ1) is 27.5. The molecule has 1 aromatic heterocycles. The lowest BCUT2D eigenvalue weighted by Crippen LogP contribution is -2.38. The van der Waals surface area contributed by atoms with Gasteiger partial charge in [-0.15, -0.1) is 0 Å². The highest BCUT2D eigenvalue weighted by molar-refractivity contribution is 8.00. The van der Waals surface area contributed by atoms with Gasteiger partial charge in [0.15, 0.2) is 0 Å². The first-order valence-corrected chi connectivity index (χ1v) is 13.7. The van der Waals surface area contributed by atoms with Crippen LogP contribution in [0.1, 0.15) is 27.9 Å². The minimum absolute atomic E-state index is 0.0212. The third-order valence-corrected chi connectivity index (χ3v) is 7.67. The number of fused-ring (bicyclic) bond motifs is 1. The monoisotopic (exact) mass is 564 g/mol. The van der Waals surface area contributed by atoms with Crippen LogP contribution in [0.2, 0.25) is 0 Å². The Kier molecular flexibility index (Phi) is 8.25. The Morgan fingerprint density at radius 2 is 1.55 bits per heavy atom. The van der Waals surface area contributed by atoms with Gasteiger partial charge in [0.2, 0.25) is 5.91 Å². The number of nitrogens with zero attached hydrogens (tertiary/aromatic N) is 3. The summed E-state index contributed by atoms with van der Waals surface area (Å²) in [7, 11) is 0. The molecule has 10 heteroatoms. The van der Waals surface area contributed by atoms with Crippen molar-refractivity contribution in [2.45, 2.75) is 23.9 Å². The highest BCUT2D eigenvalue weighted by Gasteiger charge is 2.30. The molecule has 6 nitrogen and oxygen atoms in total. The van der Waals surface area contributed by atoms with E-state index in [9.17, 15) is 22.8 Å². The number of alkyl halides is 3. The maximum Gasteiger partial charge on any atom is 0.416 e. The van der Waals surface area contributed by atoms with Crippen LogP contribution in [0.15, 0.2) is 90.0 Å². The Bertz CT molecular complexity index is 1490. The molecule has 40 heavy (non-hydrogen) atoms. The number of carbonyl (C=O) groups excluding carboxylic acids is 2. The second-order valence-electron chi connectivity index (χ2n) is 9.51. The zero-order chi connectivity index (χ0) is 28.1. The van der Waals surface area contributed by atoms with E-state index < -0.39 is 11.7 Å². The lowest BCUT2D eigenvalue weighted by Gasteiger charge is -2.22. The molecule has 0 aliphatic carbocycles. The first-order valence-electron chi connectivity index (χ1n) is 12.9. The molecule has 0 radical (unpaired) electrons. The molecule has 1 aliphatic rings. The predicted octanol–water partition coefficient (Wildman–Crippen LogP) is 6.29. The predicted molar refractivity (Wildman–Crippen MR) is 150 cm³/mol. The van der Waals surface area contributed by atoms with Crippen LogP contribution in [-0.2, 0) is 17.4 Å². The maximum atomic E-state index is 13.2. The number of hydrogen-bond donors (Lipinski definition) is 1. The lowest BCUT2D eigenvalue weighted by atomic mass is 10.1. The van der Waals surface area contributed by atoms with Crippen molar-refractivity contribution < 1.29 is 22.8 Å². The molecule has 1 N–H and O–H groups in total. The van der Waals surface area contributed by atoms with Gasteiger partial charge in [-0.25, -0.2) is 0 Å². The number of rotatable bonds is 6. The summed E-state index contributed by atoms with van der Waals surface area (Å²) in [5, 5.41) is 1.06. The minimum atomic E-state index is -4.41. The Morgan fingerprint density at radius 1 is 0.850 bits per heavy atom. The summed E-state index contributed by atoms with van der Waals surface area (Å²) < 4.78 is 41.7. The van der Waals surface area contributed by atoms with Crippen molar-refractivity contribution in [1.82, 2.24) is 14.8 Å². The van der Waals surface area contributed by atoms with Gasteiger partial charge in [-0.05, 0) is 72.5 Å².